The SMILES string of the molecule is C=C(C)C(C)(C)c1ccccc1C(C)(C)OC(=O)C(C)(C)C(=O)Cc1ccccc1. The Hall–Kier alpha value is -2.68. The first-order chi connectivity index (χ1) is 13.8. The zero-order chi connectivity index (χ0) is 22.7. The Morgan fingerprint density at radius 3 is 1.87 bits per heavy atom. The number of benzene rings is 2. The van der Waals surface area contributed by atoms with E-state index in [-0.39, 0.29) is 17.6 Å². The highest BCUT2D eigenvalue weighted by Crippen LogP contribution is 2.39. The van der Waals surface area contributed by atoms with Crippen LogP contribution in [-0.2, 0) is 31.8 Å². The molecule has 0 amide bonds. The van der Waals surface area contributed by atoms with Crippen LogP contribution in [0.1, 0.15) is 65.2 Å². The zero-order valence-corrected chi connectivity index (χ0v) is 19.3. The largest absolute Gasteiger partial charge is 0.454 e. The fraction of sp³-hybridized carbons (Fsp3) is 0.407. The first-order valence-electron chi connectivity index (χ1n) is 10.4. The monoisotopic (exact) mass is 406 g/mol. The second kappa shape index (κ2) is 8.59. The number of ether oxygens (including phenoxy) is 1. The van der Waals surface area contributed by atoms with E-state index in [9.17, 15) is 9.59 Å². The van der Waals surface area contributed by atoms with Crippen LogP contribution < -0.4 is 0 Å². The third kappa shape index (κ3) is 4.89. The van der Waals surface area contributed by atoms with Gasteiger partial charge in [-0.2, -0.15) is 0 Å². The van der Waals surface area contributed by atoms with Crippen molar-refractivity contribution < 1.29 is 14.3 Å². The first kappa shape index (κ1) is 23.6. The number of allylic oxidation sites excluding steroid dienone is 1. The van der Waals surface area contributed by atoms with Gasteiger partial charge in [-0.05, 0) is 51.3 Å². The molecule has 2 rings (SSSR count). The molecule has 3 heteroatoms. The summed E-state index contributed by atoms with van der Waals surface area (Å²) in [4.78, 5) is 26.0. The molecule has 0 bridgehead atoms. The molecule has 0 aliphatic heterocycles. The Balaban J connectivity index is 2.29. The topological polar surface area (TPSA) is 43.4 Å². The molecule has 160 valence electrons. The quantitative estimate of drug-likeness (QED) is 0.300. The van der Waals surface area contributed by atoms with Crippen molar-refractivity contribution in [1.29, 1.82) is 0 Å². The Morgan fingerprint density at radius 1 is 0.833 bits per heavy atom. The maximum atomic E-state index is 13.1. The number of carbonyl (C=O) groups excluding carboxylic acids is 2. The molecular weight excluding hydrogens is 372 g/mol. The summed E-state index contributed by atoms with van der Waals surface area (Å²) < 4.78 is 5.97. The van der Waals surface area contributed by atoms with Gasteiger partial charge in [-0.15, -0.1) is 0 Å². The minimum atomic E-state index is -1.24. The van der Waals surface area contributed by atoms with E-state index in [2.05, 4.69) is 20.4 Å². The molecule has 0 heterocycles. The normalized spacial score (nSPS) is 12.4. The summed E-state index contributed by atoms with van der Waals surface area (Å²) in [5.41, 5.74) is 1.46. The standard InChI is InChI=1S/C27H34O3/c1-19(2)25(3,4)21-16-12-13-17-22(21)27(7,8)30-24(29)26(5,6)23(28)18-20-14-10-9-11-15-20/h9-17H,1,18H2,2-8H3. The van der Waals surface area contributed by atoms with Crippen molar-refractivity contribution in [1.82, 2.24) is 0 Å². The van der Waals surface area contributed by atoms with E-state index >= 15 is 0 Å². The summed E-state index contributed by atoms with van der Waals surface area (Å²) in [7, 11) is 0. The van der Waals surface area contributed by atoms with Gasteiger partial charge in [-0.1, -0.05) is 80.6 Å². The van der Waals surface area contributed by atoms with Crippen molar-refractivity contribution in [2.45, 2.75) is 65.9 Å². The number of esters is 1. The molecule has 0 atom stereocenters. The van der Waals surface area contributed by atoms with Crippen LogP contribution in [0.2, 0.25) is 0 Å². The lowest BCUT2D eigenvalue weighted by molar-refractivity contribution is -0.170. The van der Waals surface area contributed by atoms with Gasteiger partial charge >= 0.3 is 5.97 Å². The highest BCUT2D eigenvalue weighted by atomic mass is 16.6. The van der Waals surface area contributed by atoms with Crippen molar-refractivity contribution in [2.75, 3.05) is 0 Å². The number of ketones is 1. The molecule has 0 unspecified atom stereocenters. The summed E-state index contributed by atoms with van der Waals surface area (Å²) in [5.74, 6) is -0.679. The van der Waals surface area contributed by atoms with Gasteiger partial charge in [0.2, 0.25) is 0 Å². The van der Waals surface area contributed by atoms with Crippen molar-refractivity contribution in [2.24, 2.45) is 5.41 Å². The summed E-state index contributed by atoms with van der Waals surface area (Å²) in [6.45, 7) is 17.4. The Bertz CT molecular complexity index is 934. The molecule has 0 spiro atoms. The number of hydrogen-bond acceptors (Lipinski definition) is 3. The van der Waals surface area contributed by atoms with E-state index in [1.54, 1.807) is 13.8 Å². The number of carbonyl (C=O) groups is 2. The van der Waals surface area contributed by atoms with Gasteiger partial charge in [0.25, 0.3) is 0 Å². The minimum absolute atomic E-state index is 0.162. The van der Waals surface area contributed by atoms with E-state index in [0.29, 0.717) is 0 Å². The summed E-state index contributed by atoms with van der Waals surface area (Å²) in [5, 5.41) is 0. The van der Waals surface area contributed by atoms with Crippen molar-refractivity contribution in [3.63, 3.8) is 0 Å². The maximum absolute atomic E-state index is 13.1. The van der Waals surface area contributed by atoms with Crippen LogP contribution in [-0.4, -0.2) is 11.8 Å². The van der Waals surface area contributed by atoms with Crippen LogP contribution in [0.4, 0.5) is 0 Å². The third-order valence-electron chi connectivity index (χ3n) is 6.08. The van der Waals surface area contributed by atoms with E-state index in [0.717, 1.165) is 22.3 Å². The lowest BCUT2D eigenvalue weighted by Crippen LogP contribution is -2.41. The van der Waals surface area contributed by atoms with E-state index < -0.39 is 17.0 Å². The molecule has 0 N–H and O–H groups in total. The Morgan fingerprint density at radius 2 is 1.33 bits per heavy atom. The van der Waals surface area contributed by atoms with Gasteiger partial charge in [-0.3, -0.25) is 9.59 Å². The number of Topliss-reactive ketones (excluding diaryl/α,β-unsaturated/α-hetero) is 1. The van der Waals surface area contributed by atoms with Crippen molar-refractivity contribution >= 4 is 11.8 Å². The average Bonchev–Trinajstić information content (AvgIpc) is 2.68. The van der Waals surface area contributed by atoms with Crippen LogP contribution in [0, 0.1) is 5.41 Å². The lowest BCUT2D eigenvalue weighted by atomic mass is 9.74. The second-order valence-corrected chi connectivity index (χ2v) is 9.56. The third-order valence-corrected chi connectivity index (χ3v) is 6.08. The maximum Gasteiger partial charge on any atom is 0.319 e. The molecule has 0 fully saturated rings. The van der Waals surface area contributed by atoms with E-state index in [4.69, 9.17) is 4.74 Å². The highest BCUT2D eigenvalue weighted by Gasteiger charge is 2.41. The molecule has 30 heavy (non-hydrogen) atoms. The van der Waals surface area contributed by atoms with Gasteiger partial charge in [0.15, 0.2) is 5.78 Å². The van der Waals surface area contributed by atoms with Crippen LogP contribution in [0.15, 0.2) is 66.7 Å². The van der Waals surface area contributed by atoms with Gasteiger partial charge in [0.05, 0.1) is 0 Å². The molecule has 0 aliphatic carbocycles. The fourth-order valence-electron chi connectivity index (χ4n) is 3.31. The lowest BCUT2D eigenvalue weighted by Gasteiger charge is -2.36. The molecule has 2 aromatic carbocycles. The first-order valence-corrected chi connectivity index (χ1v) is 10.4. The molecule has 2 aromatic rings. The molecule has 0 saturated carbocycles. The number of rotatable bonds is 8. The Labute approximate surface area is 181 Å². The fourth-order valence-corrected chi connectivity index (χ4v) is 3.31. The van der Waals surface area contributed by atoms with Crippen LogP contribution in [0.25, 0.3) is 0 Å². The average molecular weight is 407 g/mol. The summed E-state index contributed by atoms with van der Waals surface area (Å²) >= 11 is 0. The predicted molar refractivity (Wildman–Crippen MR) is 122 cm³/mol. The van der Waals surface area contributed by atoms with Gasteiger partial charge in [0, 0.05) is 11.8 Å². The smallest absolute Gasteiger partial charge is 0.319 e. The van der Waals surface area contributed by atoms with E-state index in [1.807, 2.05) is 75.4 Å². The van der Waals surface area contributed by atoms with Gasteiger partial charge in [0.1, 0.15) is 11.0 Å². The number of hydrogen-bond donors (Lipinski definition) is 0. The minimum Gasteiger partial charge on any atom is -0.454 e. The van der Waals surface area contributed by atoms with Gasteiger partial charge < -0.3 is 4.74 Å². The predicted octanol–water partition coefficient (Wildman–Crippen LogP) is 6.16. The zero-order valence-electron chi connectivity index (χ0n) is 19.3. The Kier molecular flexibility index (Phi) is 6.76. The molecular formula is C27H34O3. The van der Waals surface area contributed by atoms with Crippen molar-refractivity contribution in [3.8, 4) is 0 Å². The molecule has 0 aromatic heterocycles. The highest BCUT2D eigenvalue weighted by molar-refractivity contribution is 6.03. The van der Waals surface area contributed by atoms with Crippen LogP contribution in [0.3, 0.4) is 0 Å². The summed E-state index contributed by atoms with van der Waals surface area (Å²) in [6.07, 6.45) is 0.197. The second-order valence-electron chi connectivity index (χ2n) is 9.56. The summed E-state index contributed by atoms with van der Waals surface area (Å²) in [6, 6.07) is 17.4. The van der Waals surface area contributed by atoms with Crippen molar-refractivity contribution in [3.05, 3.63) is 83.4 Å². The molecule has 0 saturated heterocycles. The van der Waals surface area contributed by atoms with Crippen LogP contribution >= 0.6 is 0 Å². The van der Waals surface area contributed by atoms with E-state index in [1.165, 1.54) is 0 Å². The molecule has 0 radical (unpaired) electrons. The van der Waals surface area contributed by atoms with Gasteiger partial charge in [-0.25, -0.2) is 0 Å². The molecule has 0 aliphatic rings. The van der Waals surface area contributed by atoms with Crippen LogP contribution in [0.5, 0.6) is 0 Å². The molecule has 3 nitrogen and oxygen atoms in total.